The lowest BCUT2D eigenvalue weighted by Crippen LogP contribution is -2.43. The Kier molecular flexibility index (Phi) is 4.61. The molecule has 0 heterocycles. The van der Waals surface area contributed by atoms with Gasteiger partial charge in [0, 0.05) is 12.1 Å². The Hall–Kier alpha value is -1.06. The zero-order valence-electron chi connectivity index (χ0n) is 11.2. The van der Waals surface area contributed by atoms with E-state index in [1.807, 2.05) is 12.1 Å². The summed E-state index contributed by atoms with van der Waals surface area (Å²) in [5.74, 6) is 0.878. The predicted molar refractivity (Wildman–Crippen MR) is 72.8 cm³/mol. The molecule has 0 radical (unpaired) electrons. The summed E-state index contributed by atoms with van der Waals surface area (Å²) in [6.45, 7) is 2.14. The van der Waals surface area contributed by atoms with Gasteiger partial charge in [0.25, 0.3) is 0 Å². The molecule has 0 aromatic heterocycles. The number of aliphatic hydroxyl groups is 1. The van der Waals surface area contributed by atoms with Crippen molar-refractivity contribution < 1.29 is 9.84 Å². The maximum atomic E-state index is 9.96. The van der Waals surface area contributed by atoms with Crippen LogP contribution in [0.5, 0.6) is 5.75 Å². The summed E-state index contributed by atoms with van der Waals surface area (Å²) in [5, 5.41) is 13.5. The van der Waals surface area contributed by atoms with E-state index in [2.05, 4.69) is 24.4 Å². The van der Waals surface area contributed by atoms with E-state index in [9.17, 15) is 5.11 Å². The van der Waals surface area contributed by atoms with E-state index in [0.717, 1.165) is 25.0 Å². The van der Waals surface area contributed by atoms with E-state index in [1.54, 1.807) is 7.11 Å². The van der Waals surface area contributed by atoms with Crippen LogP contribution in [0, 0.1) is 0 Å². The SMILES string of the molecule is COc1ccc([C@H](C)NC2CCCCC2O)cc1. The second-order valence-corrected chi connectivity index (χ2v) is 5.12. The number of rotatable bonds is 4. The Labute approximate surface area is 109 Å². The summed E-state index contributed by atoms with van der Waals surface area (Å²) in [5.41, 5.74) is 1.23. The Balaban J connectivity index is 1.95. The lowest BCUT2D eigenvalue weighted by molar-refractivity contribution is 0.0860. The molecule has 1 fully saturated rings. The van der Waals surface area contributed by atoms with Crippen LogP contribution < -0.4 is 10.1 Å². The first-order valence-corrected chi connectivity index (χ1v) is 6.79. The Bertz CT molecular complexity index is 363. The van der Waals surface area contributed by atoms with Crippen LogP contribution in [0.15, 0.2) is 24.3 Å². The lowest BCUT2D eigenvalue weighted by atomic mass is 9.91. The maximum absolute atomic E-state index is 9.96. The van der Waals surface area contributed by atoms with Crippen molar-refractivity contribution >= 4 is 0 Å². The van der Waals surface area contributed by atoms with Crippen LogP contribution in [-0.2, 0) is 0 Å². The Morgan fingerprint density at radius 1 is 1.22 bits per heavy atom. The van der Waals surface area contributed by atoms with E-state index >= 15 is 0 Å². The van der Waals surface area contributed by atoms with Crippen molar-refractivity contribution in [2.24, 2.45) is 0 Å². The number of nitrogens with one attached hydrogen (secondary N) is 1. The van der Waals surface area contributed by atoms with E-state index < -0.39 is 0 Å². The van der Waals surface area contributed by atoms with Gasteiger partial charge in [-0.2, -0.15) is 0 Å². The molecule has 2 N–H and O–H groups in total. The van der Waals surface area contributed by atoms with E-state index in [0.29, 0.717) is 0 Å². The molecule has 100 valence electrons. The summed E-state index contributed by atoms with van der Waals surface area (Å²) in [6, 6.07) is 8.59. The van der Waals surface area contributed by atoms with Gasteiger partial charge in [0.15, 0.2) is 0 Å². The zero-order chi connectivity index (χ0) is 13.0. The molecule has 0 amide bonds. The summed E-state index contributed by atoms with van der Waals surface area (Å²) in [6.07, 6.45) is 4.16. The molecule has 3 nitrogen and oxygen atoms in total. The van der Waals surface area contributed by atoms with Crippen molar-refractivity contribution in [3.8, 4) is 5.75 Å². The smallest absolute Gasteiger partial charge is 0.118 e. The molecule has 18 heavy (non-hydrogen) atoms. The molecule has 0 spiro atoms. The van der Waals surface area contributed by atoms with E-state index in [4.69, 9.17) is 4.74 Å². The van der Waals surface area contributed by atoms with Gasteiger partial charge in [0.1, 0.15) is 5.75 Å². The molecule has 0 aliphatic heterocycles. The minimum atomic E-state index is -0.195. The Morgan fingerprint density at radius 2 is 1.89 bits per heavy atom. The van der Waals surface area contributed by atoms with Gasteiger partial charge in [0.2, 0.25) is 0 Å². The van der Waals surface area contributed by atoms with Gasteiger partial charge in [-0.05, 0) is 37.5 Å². The molecule has 1 aromatic carbocycles. The standard InChI is InChI=1S/C15H23NO2/c1-11(12-7-9-13(18-2)10-8-12)16-14-5-3-4-6-15(14)17/h7-11,14-17H,3-6H2,1-2H3/t11-,14?,15?/m0/s1. The first-order chi connectivity index (χ1) is 8.70. The molecule has 0 saturated heterocycles. The van der Waals surface area contributed by atoms with Crippen LogP contribution in [0.4, 0.5) is 0 Å². The molecule has 2 unspecified atom stereocenters. The lowest BCUT2D eigenvalue weighted by Gasteiger charge is -2.31. The minimum Gasteiger partial charge on any atom is -0.497 e. The van der Waals surface area contributed by atoms with Crippen molar-refractivity contribution in [2.45, 2.75) is 50.8 Å². The fraction of sp³-hybridized carbons (Fsp3) is 0.600. The highest BCUT2D eigenvalue weighted by molar-refractivity contribution is 5.28. The fourth-order valence-corrected chi connectivity index (χ4v) is 2.62. The van der Waals surface area contributed by atoms with Crippen LogP contribution in [0.3, 0.4) is 0 Å². The van der Waals surface area contributed by atoms with Crippen molar-refractivity contribution in [3.63, 3.8) is 0 Å². The first-order valence-electron chi connectivity index (χ1n) is 6.79. The molecule has 1 saturated carbocycles. The molecular weight excluding hydrogens is 226 g/mol. The number of ether oxygens (including phenoxy) is 1. The summed E-state index contributed by atoms with van der Waals surface area (Å²) >= 11 is 0. The highest BCUT2D eigenvalue weighted by atomic mass is 16.5. The topological polar surface area (TPSA) is 41.5 Å². The van der Waals surface area contributed by atoms with Gasteiger partial charge >= 0.3 is 0 Å². The summed E-state index contributed by atoms with van der Waals surface area (Å²) < 4.78 is 5.16. The zero-order valence-corrected chi connectivity index (χ0v) is 11.2. The molecule has 0 bridgehead atoms. The molecular formula is C15H23NO2. The summed E-state index contributed by atoms with van der Waals surface area (Å²) in [7, 11) is 1.68. The number of aliphatic hydroxyl groups excluding tert-OH is 1. The predicted octanol–water partition coefficient (Wildman–Crippen LogP) is 2.65. The minimum absolute atomic E-state index is 0.195. The second kappa shape index (κ2) is 6.21. The number of benzene rings is 1. The van der Waals surface area contributed by atoms with Gasteiger partial charge in [-0.25, -0.2) is 0 Å². The quantitative estimate of drug-likeness (QED) is 0.862. The van der Waals surface area contributed by atoms with Crippen LogP contribution in [0.1, 0.15) is 44.2 Å². The normalized spacial score (nSPS) is 25.7. The van der Waals surface area contributed by atoms with Crippen molar-refractivity contribution in [1.29, 1.82) is 0 Å². The third-order valence-corrected chi connectivity index (χ3v) is 3.81. The van der Waals surface area contributed by atoms with Crippen LogP contribution in [-0.4, -0.2) is 24.4 Å². The highest BCUT2D eigenvalue weighted by Crippen LogP contribution is 2.23. The van der Waals surface area contributed by atoms with Crippen molar-refractivity contribution in [3.05, 3.63) is 29.8 Å². The number of methoxy groups -OCH3 is 1. The van der Waals surface area contributed by atoms with Gasteiger partial charge in [-0.1, -0.05) is 25.0 Å². The highest BCUT2D eigenvalue weighted by Gasteiger charge is 2.24. The average molecular weight is 249 g/mol. The van der Waals surface area contributed by atoms with Crippen LogP contribution in [0.25, 0.3) is 0 Å². The van der Waals surface area contributed by atoms with Crippen molar-refractivity contribution in [1.82, 2.24) is 5.32 Å². The number of hydrogen-bond donors (Lipinski definition) is 2. The van der Waals surface area contributed by atoms with Crippen molar-refractivity contribution in [2.75, 3.05) is 7.11 Å². The van der Waals surface area contributed by atoms with E-state index in [-0.39, 0.29) is 18.2 Å². The molecule has 1 aliphatic rings. The first kappa shape index (κ1) is 13.4. The number of hydrogen-bond acceptors (Lipinski definition) is 3. The van der Waals surface area contributed by atoms with Crippen LogP contribution in [0.2, 0.25) is 0 Å². The average Bonchev–Trinajstić information content (AvgIpc) is 2.41. The molecule has 3 atom stereocenters. The fourth-order valence-electron chi connectivity index (χ4n) is 2.62. The maximum Gasteiger partial charge on any atom is 0.118 e. The molecule has 3 heteroatoms. The van der Waals surface area contributed by atoms with Gasteiger partial charge in [0.05, 0.1) is 13.2 Å². The monoisotopic (exact) mass is 249 g/mol. The second-order valence-electron chi connectivity index (χ2n) is 5.12. The third kappa shape index (κ3) is 3.24. The molecule has 1 aromatic rings. The third-order valence-electron chi connectivity index (χ3n) is 3.81. The Morgan fingerprint density at radius 3 is 2.50 bits per heavy atom. The van der Waals surface area contributed by atoms with Gasteiger partial charge in [-0.15, -0.1) is 0 Å². The van der Waals surface area contributed by atoms with Gasteiger partial charge < -0.3 is 15.2 Å². The van der Waals surface area contributed by atoms with Gasteiger partial charge in [-0.3, -0.25) is 0 Å². The van der Waals surface area contributed by atoms with E-state index in [1.165, 1.54) is 12.0 Å². The van der Waals surface area contributed by atoms with Crippen LogP contribution >= 0.6 is 0 Å². The summed E-state index contributed by atoms with van der Waals surface area (Å²) in [4.78, 5) is 0. The largest absolute Gasteiger partial charge is 0.497 e. The molecule has 2 rings (SSSR count). The molecule has 1 aliphatic carbocycles.